The zero-order valence-electron chi connectivity index (χ0n) is 16.5. The number of likely N-dealkylation sites (N-methyl/N-ethyl adjacent to an activating group) is 1. The first-order valence-corrected chi connectivity index (χ1v) is 9.33. The number of nitrogens with zero attached hydrogens (tertiary/aromatic N) is 1. The van der Waals surface area contributed by atoms with Gasteiger partial charge in [-0.25, -0.2) is 4.79 Å². The summed E-state index contributed by atoms with van der Waals surface area (Å²) in [6.07, 6.45) is 0.224. The van der Waals surface area contributed by atoms with E-state index in [4.69, 9.17) is 9.47 Å². The molecule has 2 heterocycles. The fourth-order valence-electron chi connectivity index (χ4n) is 3.29. The van der Waals surface area contributed by atoms with Gasteiger partial charge in [-0.15, -0.1) is 0 Å². The molecule has 2 aliphatic rings. The largest absolute Gasteiger partial charge is 0.454 e. The molecule has 0 saturated carbocycles. The van der Waals surface area contributed by atoms with Crippen molar-refractivity contribution in [3.05, 3.63) is 23.8 Å². The molecule has 156 valence electrons. The highest BCUT2D eigenvalue weighted by Crippen LogP contribution is 2.34. The van der Waals surface area contributed by atoms with Gasteiger partial charge in [0.2, 0.25) is 18.6 Å². The number of imide groups is 1. The lowest BCUT2D eigenvalue weighted by molar-refractivity contribution is -0.135. The van der Waals surface area contributed by atoms with Crippen molar-refractivity contribution >= 4 is 23.8 Å². The average Bonchev–Trinajstić information content (AvgIpc) is 3.20. The van der Waals surface area contributed by atoms with Gasteiger partial charge in [-0.3, -0.25) is 19.3 Å². The number of benzene rings is 1. The van der Waals surface area contributed by atoms with Crippen LogP contribution in [0.1, 0.15) is 26.3 Å². The van der Waals surface area contributed by atoms with E-state index in [0.717, 1.165) is 10.5 Å². The first kappa shape index (κ1) is 20.4. The summed E-state index contributed by atoms with van der Waals surface area (Å²) in [4.78, 5) is 50.0. The van der Waals surface area contributed by atoms with Gasteiger partial charge >= 0.3 is 6.03 Å². The molecule has 1 aromatic carbocycles. The zero-order chi connectivity index (χ0) is 21.2. The molecule has 10 nitrogen and oxygen atoms in total. The predicted octanol–water partition coefficient (Wildman–Crippen LogP) is -0.0909. The van der Waals surface area contributed by atoms with Crippen LogP contribution in [0.25, 0.3) is 0 Å². The number of fused-ring (bicyclic) bond motifs is 1. The van der Waals surface area contributed by atoms with Crippen LogP contribution in [-0.4, -0.2) is 60.1 Å². The highest BCUT2D eigenvalue weighted by Gasteiger charge is 2.48. The van der Waals surface area contributed by atoms with E-state index < -0.39 is 36.0 Å². The molecule has 1 saturated heterocycles. The Balaban J connectivity index is 1.64. The summed E-state index contributed by atoms with van der Waals surface area (Å²) in [6.45, 7) is 5.00. The molecule has 0 unspecified atom stereocenters. The van der Waals surface area contributed by atoms with E-state index in [0.29, 0.717) is 18.0 Å². The number of carbonyl (C=O) groups is 4. The molecule has 3 rings (SSSR count). The molecule has 0 spiro atoms. The van der Waals surface area contributed by atoms with Gasteiger partial charge in [0.1, 0.15) is 18.1 Å². The molecule has 3 N–H and O–H groups in total. The van der Waals surface area contributed by atoms with Crippen LogP contribution in [0.4, 0.5) is 4.79 Å². The maximum Gasteiger partial charge on any atom is 0.325 e. The Bertz CT molecular complexity index is 857. The van der Waals surface area contributed by atoms with Gasteiger partial charge in [0.25, 0.3) is 5.91 Å². The number of rotatable bonds is 7. The first-order chi connectivity index (χ1) is 13.7. The van der Waals surface area contributed by atoms with Gasteiger partial charge in [0.05, 0.1) is 0 Å². The fourth-order valence-corrected chi connectivity index (χ4v) is 3.29. The van der Waals surface area contributed by atoms with Gasteiger partial charge in [0, 0.05) is 13.0 Å². The molecule has 0 aromatic heterocycles. The second kappa shape index (κ2) is 7.98. The Kier molecular flexibility index (Phi) is 5.62. The minimum absolute atomic E-state index is 0.142. The van der Waals surface area contributed by atoms with E-state index in [1.54, 1.807) is 32.0 Å². The molecule has 5 amide bonds. The normalized spacial score (nSPS) is 21.0. The van der Waals surface area contributed by atoms with Gasteiger partial charge in [-0.05, 0) is 38.5 Å². The molecule has 0 bridgehead atoms. The van der Waals surface area contributed by atoms with Crippen LogP contribution >= 0.6 is 0 Å². The summed E-state index contributed by atoms with van der Waals surface area (Å²) >= 11 is 0. The quantitative estimate of drug-likeness (QED) is 0.545. The van der Waals surface area contributed by atoms with E-state index in [-0.39, 0.29) is 19.1 Å². The van der Waals surface area contributed by atoms with Crippen molar-refractivity contribution in [2.45, 2.75) is 38.8 Å². The molecule has 0 aliphatic carbocycles. The monoisotopic (exact) mass is 404 g/mol. The van der Waals surface area contributed by atoms with Gasteiger partial charge in [0.15, 0.2) is 11.5 Å². The molecule has 1 aromatic rings. The fraction of sp³-hybridized carbons (Fsp3) is 0.474. The topological polar surface area (TPSA) is 126 Å². The predicted molar refractivity (Wildman–Crippen MR) is 101 cm³/mol. The molecule has 0 radical (unpaired) electrons. The standard InChI is InChI=1S/C19H24N4O6/c1-4-20-16(25)11(2)21-15(24)9-23-17(26)19(3,22-18(23)27)8-12-5-6-13-14(7-12)29-10-28-13/h5-7,11H,4,8-10H2,1-3H3,(H,20,25)(H,21,24)(H,22,27)/t11-,19-/m1/s1. The lowest BCUT2D eigenvalue weighted by Gasteiger charge is -2.22. The van der Waals surface area contributed by atoms with Crippen molar-refractivity contribution < 1.29 is 28.7 Å². The van der Waals surface area contributed by atoms with Gasteiger partial charge in [-0.2, -0.15) is 0 Å². The molecule has 1 fully saturated rings. The summed E-state index contributed by atoms with van der Waals surface area (Å²) in [5.41, 5.74) is -0.419. The third-order valence-electron chi connectivity index (χ3n) is 4.76. The Morgan fingerprint density at radius 1 is 1.28 bits per heavy atom. The summed E-state index contributed by atoms with van der Waals surface area (Å²) in [5, 5.41) is 7.72. The number of carbonyl (C=O) groups excluding carboxylic acids is 4. The van der Waals surface area contributed by atoms with Crippen LogP contribution in [0.2, 0.25) is 0 Å². The van der Waals surface area contributed by atoms with Crippen LogP contribution in [0.3, 0.4) is 0 Å². The van der Waals surface area contributed by atoms with Crippen molar-refractivity contribution in [1.82, 2.24) is 20.9 Å². The highest BCUT2D eigenvalue weighted by atomic mass is 16.7. The van der Waals surface area contributed by atoms with Crippen LogP contribution < -0.4 is 25.4 Å². The van der Waals surface area contributed by atoms with E-state index in [1.165, 1.54) is 6.92 Å². The van der Waals surface area contributed by atoms with E-state index >= 15 is 0 Å². The smallest absolute Gasteiger partial charge is 0.325 e. The van der Waals surface area contributed by atoms with Crippen LogP contribution in [-0.2, 0) is 20.8 Å². The van der Waals surface area contributed by atoms with Crippen LogP contribution in [0.5, 0.6) is 11.5 Å². The number of hydrogen-bond acceptors (Lipinski definition) is 6. The van der Waals surface area contributed by atoms with E-state index in [9.17, 15) is 19.2 Å². The number of nitrogens with one attached hydrogen (secondary N) is 3. The summed E-state index contributed by atoms with van der Waals surface area (Å²) in [7, 11) is 0. The molecule has 2 aliphatic heterocycles. The third-order valence-corrected chi connectivity index (χ3v) is 4.76. The van der Waals surface area contributed by atoms with Crippen molar-refractivity contribution in [1.29, 1.82) is 0 Å². The van der Waals surface area contributed by atoms with Gasteiger partial charge < -0.3 is 25.4 Å². The minimum atomic E-state index is -1.20. The summed E-state index contributed by atoms with van der Waals surface area (Å²) in [5.74, 6) is -0.245. The number of amides is 5. The average molecular weight is 404 g/mol. The lowest BCUT2D eigenvalue weighted by atomic mass is 9.92. The van der Waals surface area contributed by atoms with Crippen molar-refractivity contribution in [2.75, 3.05) is 19.9 Å². The number of urea groups is 1. The summed E-state index contributed by atoms with van der Waals surface area (Å²) in [6, 6.07) is 3.87. The van der Waals surface area contributed by atoms with Gasteiger partial charge in [-0.1, -0.05) is 6.07 Å². The second-order valence-electron chi connectivity index (χ2n) is 7.20. The Hall–Kier alpha value is -3.30. The zero-order valence-corrected chi connectivity index (χ0v) is 16.5. The second-order valence-corrected chi connectivity index (χ2v) is 7.20. The molecular weight excluding hydrogens is 380 g/mol. The SMILES string of the molecule is CCNC(=O)[C@@H](C)NC(=O)CN1C(=O)N[C@](C)(Cc2ccc3c(c2)OCO3)C1=O. The van der Waals surface area contributed by atoms with Crippen LogP contribution in [0, 0.1) is 0 Å². The maximum absolute atomic E-state index is 12.9. The molecule has 10 heteroatoms. The highest BCUT2D eigenvalue weighted by molar-refractivity contribution is 6.09. The first-order valence-electron chi connectivity index (χ1n) is 9.33. The van der Waals surface area contributed by atoms with Crippen molar-refractivity contribution in [2.24, 2.45) is 0 Å². The van der Waals surface area contributed by atoms with Crippen molar-refractivity contribution in [3.63, 3.8) is 0 Å². The lowest BCUT2D eigenvalue weighted by Crippen LogP contribution is -2.49. The van der Waals surface area contributed by atoms with Crippen LogP contribution in [0.15, 0.2) is 18.2 Å². The number of hydrogen-bond donors (Lipinski definition) is 3. The van der Waals surface area contributed by atoms with E-state index in [2.05, 4.69) is 16.0 Å². The third kappa shape index (κ3) is 4.25. The Morgan fingerprint density at radius 3 is 2.72 bits per heavy atom. The summed E-state index contributed by atoms with van der Waals surface area (Å²) < 4.78 is 10.6. The number of ether oxygens (including phenoxy) is 2. The molecular formula is C19H24N4O6. The molecule has 29 heavy (non-hydrogen) atoms. The minimum Gasteiger partial charge on any atom is -0.454 e. The van der Waals surface area contributed by atoms with Crippen molar-refractivity contribution in [3.8, 4) is 11.5 Å². The molecule has 2 atom stereocenters. The Labute approximate surface area is 167 Å². The maximum atomic E-state index is 12.9. The Morgan fingerprint density at radius 2 is 2.00 bits per heavy atom. The van der Waals surface area contributed by atoms with E-state index in [1.807, 2.05) is 0 Å².